The molecule has 0 bridgehead atoms. The van der Waals surface area contributed by atoms with E-state index < -0.39 is 16.1 Å². The molecule has 3 heterocycles. The lowest BCUT2D eigenvalue weighted by atomic mass is 9.82. The van der Waals surface area contributed by atoms with E-state index in [1.165, 1.54) is 11.3 Å². The molecule has 8 nitrogen and oxygen atoms in total. The fourth-order valence-electron chi connectivity index (χ4n) is 5.56. The van der Waals surface area contributed by atoms with Crippen LogP contribution in [-0.4, -0.2) is 56.4 Å². The molecule has 10 heteroatoms. The number of likely N-dealkylation sites (tertiary alicyclic amines) is 1. The van der Waals surface area contributed by atoms with Crippen LogP contribution in [0.1, 0.15) is 43.7 Å². The second kappa shape index (κ2) is 10.9. The number of carbonyl (C=O) groups is 1. The number of anilines is 1. The number of fused-ring (bicyclic) bond motifs is 2. The highest BCUT2D eigenvalue weighted by molar-refractivity contribution is 7.89. The molecule has 2 aliphatic heterocycles. The summed E-state index contributed by atoms with van der Waals surface area (Å²) >= 11 is 1.50. The van der Waals surface area contributed by atoms with Gasteiger partial charge in [0.25, 0.3) is 0 Å². The third-order valence-corrected chi connectivity index (χ3v) is 10.2. The Labute approximate surface area is 229 Å². The van der Waals surface area contributed by atoms with Crippen LogP contribution >= 0.6 is 11.3 Å². The van der Waals surface area contributed by atoms with Gasteiger partial charge in [0.05, 0.1) is 20.9 Å². The van der Waals surface area contributed by atoms with Crippen molar-refractivity contribution < 1.29 is 13.2 Å². The smallest absolute Gasteiger partial charge is 0.243 e. The summed E-state index contributed by atoms with van der Waals surface area (Å²) < 4.78 is 31.4. The Morgan fingerprint density at radius 2 is 1.97 bits per heavy atom. The summed E-state index contributed by atoms with van der Waals surface area (Å²) in [6.45, 7) is 6.86. The summed E-state index contributed by atoms with van der Waals surface area (Å²) in [5, 5.41) is 4.08. The Hall–Kier alpha value is -2.53. The Morgan fingerprint density at radius 1 is 1.21 bits per heavy atom. The molecule has 1 fully saturated rings. The van der Waals surface area contributed by atoms with Crippen LogP contribution in [0.5, 0.6) is 0 Å². The van der Waals surface area contributed by atoms with Gasteiger partial charge in [0.15, 0.2) is 0 Å². The van der Waals surface area contributed by atoms with Gasteiger partial charge in [0.2, 0.25) is 15.9 Å². The van der Waals surface area contributed by atoms with Crippen LogP contribution in [0, 0.1) is 11.3 Å². The number of benzene rings is 2. The summed E-state index contributed by atoms with van der Waals surface area (Å²) in [4.78, 5) is 20.5. The van der Waals surface area contributed by atoms with Gasteiger partial charge in [-0.05, 0) is 67.3 Å². The number of piperidine rings is 1. The molecular weight excluding hydrogens is 518 g/mol. The average Bonchev–Trinajstić information content (AvgIpc) is 3.30. The molecule has 0 saturated carbocycles. The van der Waals surface area contributed by atoms with Crippen molar-refractivity contribution in [1.82, 2.24) is 14.6 Å². The first-order valence-electron chi connectivity index (χ1n) is 13.4. The lowest BCUT2D eigenvalue weighted by Gasteiger charge is -2.35. The molecule has 0 radical (unpaired) electrons. The summed E-state index contributed by atoms with van der Waals surface area (Å²) in [7, 11) is -3.99. The first kappa shape index (κ1) is 27.1. The summed E-state index contributed by atoms with van der Waals surface area (Å²) in [5.41, 5.74) is 8.23. The van der Waals surface area contributed by atoms with Crippen molar-refractivity contribution in [3.8, 4) is 0 Å². The van der Waals surface area contributed by atoms with Crippen LogP contribution in [0.4, 0.5) is 5.69 Å². The number of nitrogens with one attached hydrogen (secondary N) is 2. The average molecular weight is 556 g/mol. The zero-order valence-electron chi connectivity index (χ0n) is 22.1. The maximum absolute atomic E-state index is 13.8. The lowest BCUT2D eigenvalue weighted by Crippen LogP contribution is -2.51. The number of aromatic nitrogens is 1. The number of hydrogen-bond donors (Lipinski definition) is 3. The third kappa shape index (κ3) is 5.88. The molecule has 38 heavy (non-hydrogen) atoms. The number of nitrogens with zero attached hydrogens (tertiary/aromatic N) is 2. The molecule has 0 unspecified atom stereocenters. The van der Waals surface area contributed by atoms with Crippen molar-refractivity contribution in [3.05, 3.63) is 53.0 Å². The molecule has 204 valence electrons. The maximum Gasteiger partial charge on any atom is 0.243 e. The SMILES string of the molecule is CC1(C)CNc2c(cccc2S(=O)(=O)N[C@@H](Cc2nc3ccccc3s2)C(=O)N2CCC(CCN)CC2)C1. The predicted octanol–water partition coefficient (Wildman–Crippen LogP) is 3.77. The van der Waals surface area contributed by atoms with Crippen molar-refractivity contribution in [2.45, 2.75) is 56.9 Å². The second-order valence-corrected chi connectivity index (χ2v) is 14.1. The van der Waals surface area contributed by atoms with E-state index >= 15 is 0 Å². The molecule has 1 amide bonds. The Morgan fingerprint density at radius 3 is 2.71 bits per heavy atom. The summed E-state index contributed by atoms with van der Waals surface area (Å²) in [6.07, 6.45) is 3.71. The minimum Gasteiger partial charge on any atom is -0.383 e. The first-order valence-corrected chi connectivity index (χ1v) is 15.7. The standard InChI is InChI=1S/C28H37N5O3S2/c1-28(2)17-20-6-5-9-24(26(20)30-18-28)38(35,36)32-22(16-25-31-21-7-3-4-8-23(21)37-25)27(34)33-14-11-19(10-13-29)12-15-33/h3-9,19,22,30,32H,10-18,29H2,1-2H3/t22-/m0/s1. The molecule has 5 rings (SSSR count). The molecule has 0 spiro atoms. The quantitative estimate of drug-likeness (QED) is 0.390. The van der Waals surface area contributed by atoms with Crippen molar-refractivity contribution in [2.75, 3.05) is 31.5 Å². The van der Waals surface area contributed by atoms with E-state index in [0.717, 1.165) is 46.5 Å². The number of nitrogens with two attached hydrogens (primary N) is 1. The fraction of sp³-hybridized carbons (Fsp3) is 0.500. The number of amides is 1. The highest BCUT2D eigenvalue weighted by Gasteiger charge is 2.35. The summed E-state index contributed by atoms with van der Waals surface area (Å²) in [6, 6.07) is 12.2. The molecule has 4 N–H and O–H groups in total. The molecule has 2 aromatic carbocycles. The number of sulfonamides is 1. The van der Waals surface area contributed by atoms with Gasteiger partial charge >= 0.3 is 0 Å². The summed E-state index contributed by atoms with van der Waals surface area (Å²) in [5.74, 6) is 0.313. The Kier molecular flexibility index (Phi) is 7.77. The van der Waals surface area contributed by atoms with Gasteiger partial charge in [0, 0.05) is 26.1 Å². The minimum atomic E-state index is -3.99. The second-order valence-electron chi connectivity index (χ2n) is 11.3. The van der Waals surface area contributed by atoms with E-state index in [0.29, 0.717) is 37.8 Å². The zero-order chi connectivity index (χ0) is 26.9. The van der Waals surface area contributed by atoms with Crippen molar-refractivity contribution in [3.63, 3.8) is 0 Å². The highest BCUT2D eigenvalue weighted by Crippen LogP contribution is 2.36. The third-order valence-electron chi connectivity index (χ3n) is 7.63. The van der Waals surface area contributed by atoms with Gasteiger partial charge in [0.1, 0.15) is 10.9 Å². The van der Waals surface area contributed by atoms with E-state index in [-0.39, 0.29) is 22.6 Å². The number of hydrogen-bond acceptors (Lipinski definition) is 7. The van der Waals surface area contributed by atoms with E-state index in [1.54, 1.807) is 17.0 Å². The van der Waals surface area contributed by atoms with Gasteiger partial charge in [-0.3, -0.25) is 4.79 Å². The Balaban J connectivity index is 1.42. The van der Waals surface area contributed by atoms with Crippen molar-refractivity contribution >= 4 is 43.2 Å². The van der Waals surface area contributed by atoms with Crippen LogP contribution in [0.3, 0.4) is 0 Å². The Bertz CT molecular complexity index is 1380. The first-order chi connectivity index (χ1) is 18.1. The molecule has 1 aromatic heterocycles. The van der Waals surface area contributed by atoms with Gasteiger partial charge in [-0.2, -0.15) is 4.72 Å². The molecule has 3 aromatic rings. The van der Waals surface area contributed by atoms with Gasteiger partial charge in [-0.15, -0.1) is 11.3 Å². The zero-order valence-corrected chi connectivity index (χ0v) is 23.7. The number of rotatable bonds is 8. The molecule has 1 atom stereocenters. The van der Waals surface area contributed by atoms with E-state index in [9.17, 15) is 13.2 Å². The van der Waals surface area contributed by atoms with E-state index in [2.05, 4.69) is 23.9 Å². The van der Waals surface area contributed by atoms with Crippen LogP contribution in [0.25, 0.3) is 10.2 Å². The maximum atomic E-state index is 13.8. The topological polar surface area (TPSA) is 117 Å². The molecule has 0 aliphatic carbocycles. The van der Waals surface area contributed by atoms with Crippen molar-refractivity contribution in [1.29, 1.82) is 0 Å². The van der Waals surface area contributed by atoms with Gasteiger partial charge < -0.3 is 16.0 Å². The number of thiazole rings is 1. The molecule has 2 aliphatic rings. The van der Waals surface area contributed by atoms with Gasteiger partial charge in [-0.25, -0.2) is 13.4 Å². The number of carbonyl (C=O) groups excluding carboxylic acids is 1. The predicted molar refractivity (Wildman–Crippen MR) is 153 cm³/mol. The minimum absolute atomic E-state index is 0.0319. The van der Waals surface area contributed by atoms with Crippen LogP contribution in [-0.2, 0) is 27.7 Å². The van der Waals surface area contributed by atoms with Crippen LogP contribution in [0.2, 0.25) is 0 Å². The fourth-order valence-corrected chi connectivity index (χ4v) is 7.99. The molecule has 1 saturated heterocycles. The monoisotopic (exact) mass is 555 g/mol. The lowest BCUT2D eigenvalue weighted by molar-refractivity contribution is -0.134. The number of para-hydroxylation sites is 2. The largest absolute Gasteiger partial charge is 0.383 e. The van der Waals surface area contributed by atoms with Gasteiger partial charge in [-0.1, -0.05) is 38.1 Å². The normalized spacial score (nSPS) is 18.7. The molecular formula is C28H37N5O3S2. The highest BCUT2D eigenvalue weighted by atomic mass is 32.2. The van der Waals surface area contributed by atoms with Crippen LogP contribution in [0.15, 0.2) is 47.4 Å². The van der Waals surface area contributed by atoms with Crippen molar-refractivity contribution in [2.24, 2.45) is 17.1 Å². The van der Waals surface area contributed by atoms with Crippen LogP contribution < -0.4 is 15.8 Å². The van der Waals surface area contributed by atoms with E-state index in [1.807, 2.05) is 30.3 Å². The van der Waals surface area contributed by atoms with E-state index in [4.69, 9.17) is 10.7 Å².